The molecule has 0 amide bonds. The average Bonchev–Trinajstić information content (AvgIpc) is 2.88. The molecule has 0 aliphatic heterocycles. The van der Waals surface area contributed by atoms with Gasteiger partial charge in [-0.15, -0.1) is 0 Å². The van der Waals surface area contributed by atoms with Gasteiger partial charge in [0, 0.05) is 12.1 Å². The summed E-state index contributed by atoms with van der Waals surface area (Å²) in [7, 11) is 0. The van der Waals surface area contributed by atoms with Crippen molar-refractivity contribution in [3.63, 3.8) is 0 Å². The first-order chi connectivity index (χ1) is 11.8. The van der Waals surface area contributed by atoms with Gasteiger partial charge >= 0.3 is 6.18 Å². The summed E-state index contributed by atoms with van der Waals surface area (Å²) in [5, 5.41) is 4.27. The van der Waals surface area contributed by atoms with Gasteiger partial charge in [0.15, 0.2) is 5.65 Å². The van der Waals surface area contributed by atoms with Crippen LogP contribution < -0.4 is 0 Å². The zero-order valence-electron chi connectivity index (χ0n) is 13.9. The molecule has 3 rings (SSSR count). The van der Waals surface area contributed by atoms with E-state index in [0.29, 0.717) is 17.8 Å². The topological polar surface area (TPSA) is 30.7 Å². The number of aryl methyl sites for hydroxylation is 2. The maximum atomic E-state index is 13.6. The van der Waals surface area contributed by atoms with Gasteiger partial charge in [-0.25, -0.2) is 14.1 Å². The van der Waals surface area contributed by atoms with Crippen molar-refractivity contribution in [2.75, 3.05) is 0 Å². The summed E-state index contributed by atoms with van der Waals surface area (Å²) in [6.45, 7) is 4.05. The second kappa shape index (κ2) is 6.46. The molecule has 0 atom stereocenters. The van der Waals surface area contributed by atoms with Gasteiger partial charge in [-0.05, 0) is 43.7 Å². The van der Waals surface area contributed by atoms with E-state index in [1.165, 1.54) is 28.9 Å². The van der Waals surface area contributed by atoms with Gasteiger partial charge in [-0.1, -0.05) is 13.3 Å². The van der Waals surface area contributed by atoms with Gasteiger partial charge in [-0.3, -0.25) is 0 Å². The lowest BCUT2D eigenvalue weighted by molar-refractivity contribution is -0.136. The average molecular weight is 351 g/mol. The van der Waals surface area contributed by atoms with Crippen LogP contribution in [0.1, 0.15) is 31.0 Å². The standard InChI is InChI=1S/C18H17F4N3/c1-3-4-9-25-17-16(11(2)24-25)14(18(20,21)22)10-15(23-17)12-5-7-13(19)8-6-12/h5-8,10H,3-4,9H2,1-2H3. The normalized spacial score (nSPS) is 12.1. The van der Waals surface area contributed by atoms with Gasteiger partial charge in [0.25, 0.3) is 0 Å². The lowest BCUT2D eigenvalue weighted by Gasteiger charge is -2.12. The fraction of sp³-hybridized carbons (Fsp3) is 0.333. The number of nitrogens with zero attached hydrogens (tertiary/aromatic N) is 3. The molecule has 2 aromatic heterocycles. The van der Waals surface area contributed by atoms with Crippen LogP contribution in [0.3, 0.4) is 0 Å². The van der Waals surface area contributed by atoms with Gasteiger partial charge in [0.2, 0.25) is 0 Å². The molecule has 3 nitrogen and oxygen atoms in total. The van der Waals surface area contributed by atoms with E-state index in [1.54, 1.807) is 6.92 Å². The molecule has 0 aliphatic rings. The molecule has 0 N–H and O–H groups in total. The smallest absolute Gasteiger partial charge is 0.247 e. The second-order valence-corrected chi connectivity index (χ2v) is 5.92. The van der Waals surface area contributed by atoms with E-state index in [2.05, 4.69) is 10.1 Å². The first-order valence-electron chi connectivity index (χ1n) is 8.02. The Morgan fingerprint density at radius 1 is 1.12 bits per heavy atom. The quantitative estimate of drug-likeness (QED) is 0.592. The molecule has 3 aromatic rings. The van der Waals surface area contributed by atoms with Crippen LogP contribution in [0.15, 0.2) is 30.3 Å². The monoisotopic (exact) mass is 351 g/mol. The van der Waals surface area contributed by atoms with Crippen molar-refractivity contribution < 1.29 is 17.6 Å². The fourth-order valence-electron chi connectivity index (χ4n) is 2.81. The van der Waals surface area contributed by atoms with Crippen LogP contribution in [-0.4, -0.2) is 14.8 Å². The second-order valence-electron chi connectivity index (χ2n) is 5.92. The number of halogens is 4. The molecular weight excluding hydrogens is 334 g/mol. The Morgan fingerprint density at radius 2 is 1.80 bits per heavy atom. The minimum atomic E-state index is -4.53. The Kier molecular flexibility index (Phi) is 4.49. The maximum absolute atomic E-state index is 13.6. The molecule has 7 heteroatoms. The summed E-state index contributed by atoms with van der Waals surface area (Å²) in [6, 6.07) is 6.25. The molecule has 0 aliphatic carbocycles. The highest BCUT2D eigenvalue weighted by atomic mass is 19.4. The van der Waals surface area contributed by atoms with Crippen molar-refractivity contribution in [2.24, 2.45) is 0 Å². The van der Waals surface area contributed by atoms with Gasteiger partial charge < -0.3 is 0 Å². The molecule has 0 spiro atoms. The molecule has 0 saturated carbocycles. The third-order valence-electron chi connectivity index (χ3n) is 4.05. The number of pyridine rings is 1. The Balaban J connectivity index is 2.27. The van der Waals surface area contributed by atoms with Crippen LogP contribution in [0, 0.1) is 12.7 Å². The molecular formula is C18H17F4N3. The number of alkyl halides is 3. The fourth-order valence-corrected chi connectivity index (χ4v) is 2.81. The first kappa shape index (κ1) is 17.4. The highest BCUT2D eigenvalue weighted by molar-refractivity contribution is 5.85. The maximum Gasteiger partial charge on any atom is 0.417 e. The van der Waals surface area contributed by atoms with Crippen molar-refractivity contribution in [1.29, 1.82) is 0 Å². The molecule has 0 bridgehead atoms. The minimum absolute atomic E-state index is 0.0227. The molecule has 25 heavy (non-hydrogen) atoms. The van der Waals surface area contributed by atoms with Crippen LogP contribution in [0.5, 0.6) is 0 Å². The summed E-state index contributed by atoms with van der Waals surface area (Å²) in [6.07, 6.45) is -2.84. The summed E-state index contributed by atoms with van der Waals surface area (Å²) in [5.41, 5.74) is 0.320. The van der Waals surface area contributed by atoms with Crippen LogP contribution in [-0.2, 0) is 12.7 Å². The Morgan fingerprint density at radius 3 is 2.40 bits per heavy atom. The Labute approximate surface area is 142 Å². The third kappa shape index (κ3) is 3.36. The van der Waals surface area contributed by atoms with E-state index in [-0.39, 0.29) is 16.7 Å². The molecule has 0 saturated heterocycles. The number of unbranched alkanes of at least 4 members (excludes halogenated alkanes) is 1. The summed E-state index contributed by atoms with van der Waals surface area (Å²) in [4.78, 5) is 4.40. The van der Waals surface area contributed by atoms with E-state index in [1.807, 2.05) is 6.92 Å². The van der Waals surface area contributed by atoms with Gasteiger partial charge in [-0.2, -0.15) is 18.3 Å². The zero-order valence-corrected chi connectivity index (χ0v) is 13.9. The van der Waals surface area contributed by atoms with E-state index >= 15 is 0 Å². The van der Waals surface area contributed by atoms with Crippen molar-refractivity contribution in [3.8, 4) is 11.3 Å². The van der Waals surface area contributed by atoms with Crippen LogP contribution in [0.2, 0.25) is 0 Å². The van der Waals surface area contributed by atoms with Crippen LogP contribution in [0.25, 0.3) is 22.3 Å². The van der Waals surface area contributed by atoms with Gasteiger partial charge in [0.05, 0.1) is 22.3 Å². The molecule has 2 heterocycles. The number of aromatic nitrogens is 3. The van der Waals surface area contributed by atoms with Crippen LogP contribution in [0.4, 0.5) is 17.6 Å². The van der Waals surface area contributed by atoms with Crippen molar-refractivity contribution in [1.82, 2.24) is 14.8 Å². The lowest BCUT2D eigenvalue weighted by atomic mass is 10.1. The number of hydrogen-bond donors (Lipinski definition) is 0. The number of rotatable bonds is 4. The zero-order chi connectivity index (χ0) is 18.2. The number of fused-ring (bicyclic) bond motifs is 1. The van der Waals surface area contributed by atoms with E-state index < -0.39 is 17.6 Å². The Bertz CT molecular complexity index is 895. The predicted octanol–water partition coefficient (Wildman–Crippen LogP) is 5.36. The van der Waals surface area contributed by atoms with E-state index in [0.717, 1.165) is 18.9 Å². The molecule has 1 aromatic carbocycles. The lowest BCUT2D eigenvalue weighted by Crippen LogP contribution is -2.08. The highest BCUT2D eigenvalue weighted by Crippen LogP contribution is 2.38. The number of benzene rings is 1. The Hall–Kier alpha value is -2.44. The SMILES string of the molecule is CCCCn1nc(C)c2c(C(F)(F)F)cc(-c3ccc(F)cc3)nc21. The van der Waals surface area contributed by atoms with Crippen molar-refractivity contribution in [3.05, 3.63) is 47.4 Å². The number of hydrogen-bond acceptors (Lipinski definition) is 2. The van der Waals surface area contributed by atoms with E-state index in [4.69, 9.17) is 0 Å². The minimum Gasteiger partial charge on any atom is -0.247 e. The first-order valence-corrected chi connectivity index (χ1v) is 8.02. The third-order valence-corrected chi connectivity index (χ3v) is 4.05. The molecule has 0 radical (unpaired) electrons. The molecule has 0 fully saturated rings. The highest BCUT2D eigenvalue weighted by Gasteiger charge is 2.35. The summed E-state index contributed by atoms with van der Waals surface area (Å²) < 4.78 is 55.4. The van der Waals surface area contributed by atoms with Crippen LogP contribution >= 0.6 is 0 Å². The largest absolute Gasteiger partial charge is 0.417 e. The van der Waals surface area contributed by atoms with Gasteiger partial charge in [0.1, 0.15) is 5.82 Å². The predicted molar refractivity (Wildman–Crippen MR) is 87.6 cm³/mol. The van der Waals surface area contributed by atoms with Crippen molar-refractivity contribution in [2.45, 2.75) is 39.4 Å². The van der Waals surface area contributed by atoms with Crippen molar-refractivity contribution >= 4 is 11.0 Å². The molecule has 132 valence electrons. The molecule has 0 unspecified atom stereocenters. The summed E-state index contributed by atoms with van der Waals surface area (Å²) >= 11 is 0. The summed E-state index contributed by atoms with van der Waals surface area (Å²) in [5.74, 6) is -0.454. The van der Waals surface area contributed by atoms with E-state index in [9.17, 15) is 17.6 Å².